The van der Waals surface area contributed by atoms with Gasteiger partial charge in [-0.05, 0) is 28.1 Å². The quantitative estimate of drug-likeness (QED) is 0.850. The molecule has 0 bridgehead atoms. The molecule has 2 aromatic rings. The van der Waals surface area contributed by atoms with Gasteiger partial charge < -0.3 is 4.98 Å². The van der Waals surface area contributed by atoms with Gasteiger partial charge in [-0.15, -0.1) is 0 Å². The zero-order valence-electron chi connectivity index (χ0n) is 6.80. The van der Waals surface area contributed by atoms with Crippen molar-refractivity contribution in [2.45, 2.75) is 10.7 Å². The van der Waals surface area contributed by atoms with Crippen LogP contribution in [0.4, 0.5) is 8.78 Å². The summed E-state index contributed by atoms with van der Waals surface area (Å²) in [6.07, 6.45) is 1.53. The van der Waals surface area contributed by atoms with Crippen molar-refractivity contribution in [3.8, 4) is 0 Å². The molecule has 1 heterocycles. The van der Waals surface area contributed by atoms with Gasteiger partial charge in [0, 0.05) is 9.37 Å². The first kappa shape index (κ1) is 9.92. The lowest BCUT2D eigenvalue weighted by atomic mass is 10.3. The maximum absolute atomic E-state index is 12.1. The first-order valence-corrected chi connectivity index (χ1v) is 5.41. The Morgan fingerprint density at radius 1 is 1.43 bits per heavy atom. The first-order valence-electron chi connectivity index (χ1n) is 3.74. The van der Waals surface area contributed by atoms with E-state index in [9.17, 15) is 8.78 Å². The second-order valence-electron chi connectivity index (χ2n) is 2.58. The van der Waals surface area contributed by atoms with Crippen LogP contribution in [0, 0.1) is 0 Å². The molecule has 14 heavy (non-hydrogen) atoms. The molecule has 2 nitrogen and oxygen atoms in total. The monoisotopic (exact) mass is 278 g/mol. The van der Waals surface area contributed by atoms with Crippen LogP contribution in [-0.2, 0) is 0 Å². The van der Waals surface area contributed by atoms with Crippen LogP contribution in [0.2, 0.25) is 0 Å². The molecule has 1 aromatic heterocycles. The van der Waals surface area contributed by atoms with Crippen LogP contribution < -0.4 is 0 Å². The summed E-state index contributed by atoms with van der Waals surface area (Å²) in [5.41, 5.74) is 1.51. The number of nitrogens with zero attached hydrogens (tertiary/aromatic N) is 1. The predicted molar refractivity (Wildman–Crippen MR) is 55.7 cm³/mol. The number of hydrogen-bond donors (Lipinski definition) is 1. The number of aromatic amines is 1. The van der Waals surface area contributed by atoms with Crippen molar-refractivity contribution in [3.63, 3.8) is 0 Å². The molecular weight excluding hydrogens is 274 g/mol. The van der Waals surface area contributed by atoms with Crippen molar-refractivity contribution >= 4 is 38.7 Å². The summed E-state index contributed by atoms with van der Waals surface area (Å²) in [5.74, 6) is -2.40. The number of H-pyrrole nitrogens is 1. The van der Waals surface area contributed by atoms with E-state index in [1.165, 1.54) is 6.33 Å². The minimum absolute atomic E-state index is 0.517. The number of imidazole rings is 1. The topological polar surface area (TPSA) is 28.7 Å². The molecule has 1 N–H and O–H groups in total. The number of rotatable bonds is 2. The van der Waals surface area contributed by atoms with E-state index in [0.717, 1.165) is 15.5 Å². The summed E-state index contributed by atoms with van der Waals surface area (Å²) < 4.78 is 24.9. The van der Waals surface area contributed by atoms with Crippen LogP contribution in [0.5, 0.6) is 0 Å². The van der Waals surface area contributed by atoms with Gasteiger partial charge in [0.2, 0.25) is 0 Å². The maximum atomic E-state index is 12.1. The van der Waals surface area contributed by atoms with Crippen molar-refractivity contribution < 1.29 is 8.78 Å². The maximum Gasteiger partial charge on any atom is 0.288 e. The Kier molecular flexibility index (Phi) is 2.73. The summed E-state index contributed by atoms with van der Waals surface area (Å²) in [4.78, 5) is 7.43. The van der Waals surface area contributed by atoms with E-state index in [-0.39, 0.29) is 0 Å². The van der Waals surface area contributed by atoms with Crippen LogP contribution in [0.1, 0.15) is 0 Å². The molecule has 0 atom stereocenters. The van der Waals surface area contributed by atoms with E-state index in [4.69, 9.17) is 0 Å². The number of halogens is 3. The van der Waals surface area contributed by atoms with Gasteiger partial charge in [0.15, 0.2) is 0 Å². The molecule has 0 unspecified atom stereocenters. The van der Waals surface area contributed by atoms with Crippen molar-refractivity contribution in [2.75, 3.05) is 0 Å². The molecule has 1 aromatic carbocycles. The summed E-state index contributed by atoms with van der Waals surface area (Å²) in [6.45, 7) is 0. The molecule has 0 amide bonds. The Morgan fingerprint density at radius 3 is 2.93 bits per heavy atom. The first-order chi connectivity index (χ1) is 6.66. The smallest absolute Gasteiger partial charge is 0.288 e. The number of alkyl halides is 2. The molecule has 74 valence electrons. The molecule has 0 aliphatic rings. The average Bonchev–Trinajstić information content (AvgIpc) is 2.50. The standard InChI is InChI=1S/C8H5BrF2N2S/c9-5-1-4(14-8(10)11)2-6-7(5)13-3-12-6/h1-3,8H,(H,12,13). The molecule has 0 saturated carbocycles. The summed E-state index contributed by atoms with van der Waals surface area (Å²) in [6, 6.07) is 3.30. The highest BCUT2D eigenvalue weighted by atomic mass is 79.9. The fourth-order valence-corrected chi connectivity index (χ4v) is 2.44. The third kappa shape index (κ3) is 1.90. The van der Waals surface area contributed by atoms with Crippen LogP contribution in [0.3, 0.4) is 0 Å². The van der Waals surface area contributed by atoms with E-state index >= 15 is 0 Å². The third-order valence-corrected chi connectivity index (χ3v) is 2.97. The Labute approximate surface area is 91.2 Å². The van der Waals surface area contributed by atoms with Crippen molar-refractivity contribution in [1.82, 2.24) is 9.97 Å². The van der Waals surface area contributed by atoms with Gasteiger partial charge in [0.1, 0.15) is 5.52 Å². The lowest BCUT2D eigenvalue weighted by Gasteiger charge is -2.01. The molecule has 0 radical (unpaired) electrons. The number of fused-ring (bicyclic) bond motifs is 1. The Balaban J connectivity index is 2.47. The number of benzene rings is 1. The Morgan fingerprint density at radius 2 is 2.21 bits per heavy atom. The van der Waals surface area contributed by atoms with Crippen molar-refractivity contribution in [3.05, 3.63) is 22.9 Å². The minimum Gasteiger partial charge on any atom is -0.345 e. The summed E-state index contributed by atoms with van der Waals surface area (Å²) in [7, 11) is 0. The molecule has 0 aliphatic carbocycles. The fraction of sp³-hybridized carbons (Fsp3) is 0.125. The molecule has 0 spiro atoms. The number of aromatic nitrogens is 2. The van der Waals surface area contributed by atoms with Gasteiger partial charge in [-0.3, -0.25) is 0 Å². The summed E-state index contributed by atoms with van der Waals surface area (Å²) >= 11 is 3.80. The number of thioether (sulfide) groups is 1. The van der Waals surface area contributed by atoms with Crippen LogP contribution in [0.15, 0.2) is 27.8 Å². The van der Waals surface area contributed by atoms with Gasteiger partial charge >= 0.3 is 0 Å². The van der Waals surface area contributed by atoms with Gasteiger partial charge in [-0.2, -0.15) is 8.78 Å². The third-order valence-electron chi connectivity index (χ3n) is 1.68. The highest BCUT2D eigenvalue weighted by Crippen LogP contribution is 2.31. The van der Waals surface area contributed by atoms with E-state index in [2.05, 4.69) is 25.9 Å². The second kappa shape index (κ2) is 3.86. The highest BCUT2D eigenvalue weighted by molar-refractivity contribution is 9.10. The number of nitrogens with one attached hydrogen (secondary N) is 1. The zero-order valence-corrected chi connectivity index (χ0v) is 9.20. The van der Waals surface area contributed by atoms with Gasteiger partial charge in [-0.25, -0.2) is 4.98 Å². The van der Waals surface area contributed by atoms with Crippen molar-refractivity contribution in [1.29, 1.82) is 0 Å². The zero-order chi connectivity index (χ0) is 10.1. The lowest BCUT2D eigenvalue weighted by Crippen LogP contribution is -1.82. The molecule has 6 heteroatoms. The normalized spacial score (nSPS) is 11.4. The molecule has 0 fully saturated rings. The molecule has 0 saturated heterocycles. The van der Waals surface area contributed by atoms with E-state index in [1.54, 1.807) is 12.1 Å². The average molecular weight is 279 g/mol. The fourth-order valence-electron chi connectivity index (χ4n) is 1.15. The van der Waals surface area contributed by atoms with Crippen molar-refractivity contribution in [2.24, 2.45) is 0 Å². The highest BCUT2D eigenvalue weighted by Gasteiger charge is 2.09. The predicted octanol–water partition coefficient (Wildman–Crippen LogP) is 3.64. The molecule has 0 aliphatic heterocycles. The van der Waals surface area contributed by atoms with E-state index < -0.39 is 5.76 Å². The van der Waals surface area contributed by atoms with Crippen LogP contribution in [-0.4, -0.2) is 15.7 Å². The van der Waals surface area contributed by atoms with E-state index in [0.29, 0.717) is 16.7 Å². The largest absolute Gasteiger partial charge is 0.345 e. The summed E-state index contributed by atoms with van der Waals surface area (Å²) in [5, 5.41) is 0. The van der Waals surface area contributed by atoms with Crippen LogP contribution >= 0.6 is 27.7 Å². The van der Waals surface area contributed by atoms with Crippen LogP contribution in [0.25, 0.3) is 11.0 Å². The SMILES string of the molecule is FC(F)Sc1cc(Br)c2nc[nH]c2c1. The Hall–Kier alpha value is -0.620. The minimum atomic E-state index is -2.40. The van der Waals surface area contributed by atoms with Gasteiger partial charge in [0.25, 0.3) is 5.76 Å². The van der Waals surface area contributed by atoms with Gasteiger partial charge in [-0.1, -0.05) is 11.8 Å². The lowest BCUT2D eigenvalue weighted by molar-refractivity contribution is 0.252. The molecule has 2 rings (SSSR count). The number of hydrogen-bond acceptors (Lipinski definition) is 2. The molecular formula is C8H5BrF2N2S. The Bertz CT molecular complexity index is 458. The van der Waals surface area contributed by atoms with E-state index in [1.807, 2.05) is 0 Å². The van der Waals surface area contributed by atoms with Gasteiger partial charge in [0.05, 0.1) is 11.8 Å². The second-order valence-corrected chi connectivity index (χ2v) is 4.50.